The molecule has 0 radical (unpaired) electrons. The van der Waals surface area contributed by atoms with Crippen molar-refractivity contribution in [2.75, 3.05) is 6.61 Å². The summed E-state index contributed by atoms with van der Waals surface area (Å²) in [6.45, 7) is 9.81. The van der Waals surface area contributed by atoms with Crippen molar-refractivity contribution in [3.63, 3.8) is 0 Å². The van der Waals surface area contributed by atoms with Gasteiger partial charge in [-0.05, 0) is 25.2 Å². The van der Waals surface area contributed by atoms with Crippen molar-refractivity contribution in [1.82, 2.24) is 5.32 Å². The van der Waals surface area contributed by atoms with E-state index in [1.807, 2.05) is 13.8 Å². The zero-order valence-corrected chi connectivity index (χ0v) is 13.1. The standard InChI is InChI=1S/C15H27NO4/c1-6-7-14(18)16-15-10(3)9(2)13(20-11(15)4)8-19-12(5)17/h9-11,13,15H,6-8H2,1-5H3,(H,16,18)/t9-,10-,11-,13?,15?/m0/s1. The van der Waals surface area contributed by atoms with Gasteiger partial charge in [-0.1, -0.05) is 20.8 Å². The van der Waals surface area contributed by atoms with Gasteiger partial charge >= 0.3 is 5.97 Å². The van der Waals surface area contributed by atoms with Crippen molar-refractivity contribution >= 4 is 11.9 Å². The van der Waals surface area contributed by atoms with Crippen LogP contribution in [0.25, 0.3) is 0 Å². The van der Waals surface area contributed by atoms with Crippen molar-refractivity contribution in [2.45, 2.75) is 65.7 Å². The SMILES string of the molecule is CCCC(=O)NC1[C@H](C)OC(COC(C)=O)[C@@H](C)[C@@H]1C. The van der Waals surface area contributed by atoms with Gasteiger partial charge in [0.15, 0.2) is 0 Å². The van der Waals surface area contributed by atoms with Crippen LogP contribution in [0.2, 0.25) is 0 Å². The zero-order chi connectivity index (χ0) is 15.3. The number of rotatable bonds is 5. The van der Waals surface area contributed by atoms with Crippen LogP contribution in [0.1, 0.15) is 47.5 Å². The van der Waals surface area contributed by atoms with Crippen molar-refractivity contribution in [2.24, 2.45) is 11.8 Å². The number of hydrogen-bond acceptors (Lipinski definition) is 4. The molecular formula is C15H27NO4. The van der Waals surface area contributed by atoms with E-state index in [1.54, 1.807) is 0 Å². The Kier molecular flexibility index (Phi) is 6.46. The number of hydrogen-bond donors (Lipinski definition) is 1. The van der Waals surface area contributed by atoms with Gasteiger partial charge in [0.25, 0.3) is 0 Å². The molecule has 0 aromatic carbocycles. The summed E-state index contributed by atoms with van der Waals surface area (Å²) in [5.74, 6) is 0.280. The molecule has 1 heterocycles. The minimum Gasteiger partial charge on any atom is -0.463 e. The zero-order valence-electron chi connectivity index (χ0n) is 13.1. The van der Waals surface area contributed by atoms with Crippen LogP contribution in [-0.2, 0) is 19.1 Å². The largest absolute Gasteiger partial charge is 0.463 e. The lowest BCUT2D eigenvalue weighted by atomic mass is 9.80. The normalized spacial score (nSPS) is 33.5. The molecule has 5 nitrogen and oxygen atoms in total. The average molecular weight is 285 g/mol. The van der Waals surface area contributed by atoms with E-state index in [-0.39, 0.29) is 48.6 Å². The molecule has 0 saturated carbocycles. The van der Waals surface area contributed by atoms with Crippen LogP contribution in [0.5, 0.6) is 0 Å². The Morgan fingerprint density at radius 1 is 1.20 bits per heavy atom. The van der Waals surface area contributed by atoms with Gasteiger partial charge in [0.1, 0.15) is 6.61 Å². The first kappa shape index (κ1) is 17.0. The van der Waals surface area contributed by atoms with Gasteiger partial charge < -0.3 is 14.8 Å². The molecule has 20 heavy (non-hydrogen) atoms. The number of esters is 1. The summed E-state index contributed by atoms with van der Waals surface area (Å²) in [6.07, 6.45) is 1.19. The molecule has 1 rings (SSSR count). The molecule has 1 N–H and O–H groups in total. The quantitative estimate of drug-likeness (QED) is 0.784. The molecule has 5 heteroatoms. The predicted molar refractivity (Wildman–Crippen MR) is 76.1 cm³/mol. The molecule has 1 saturated heterocycles. The fourth-order valence-corrected chi connectivity index (χ4v) is 2.70. The number of nitrogens with one attached hydrogen (secondary N) is 1. The van der Waals surface area contributed by atoms with Crippen LogP contribution in [0, 0.1) is 11.8 Å². The number of carbonyl (C=O) groups excluding carboxylic acids is 2. The third-order valence-electron chi connectivity index (χ3n) is 4.13. The maximum absolute atomic E-state index is 11.8. The Bertz CT molecular complexity index is 345. The van der Waals surface area contributed by atoms with Crippen molar-refractivity contribution in [3.05, 3.63) is 0 Å². The number of carbonyl (C=O) groups is 2. The second-order valence-electron chi connectivity index (χ2n) is 5.74. The Labute approximate surface area is 121 Å². The van der Waals surface area contributed by atoms with Gasteiger partial charge in [0.2, 0.25) is 5.91 Å². The molecule has 1 fully saturated rings. The van der Waals surface area contributed by atoms with E-state index in [1.165, 1.54) is 6.92 Å². The van der Waals surface area contributed by atoms with Gasteiger partial charge in [-0.15, -0.1) is 0 Å². The number of amides is 1. The molecule has 1 amide bonds. The summed E-state index contributed by atoms with van der Waals surface area (Å²) in [5.41, 5.74) is 0. The van der Waals surface area contributed by atoms with Gasteiger partial charge in [-0.25, -0.2) is 0 Å². The lowest BCUT2D eigenvalue weighted by molar-refractivity contribution is -0.162. The summed E-state index contributed by atoms with van der Waals surface area (Å²) in [6, 6.07) is 0.0117. The molecular weight excluding hydrogens is 258 g/mol. The van der Waals surface area contributed by atoms with Crippen molar-refractivity contribution in [1.29, 1.82) is 0 Å². The first-order chi connectivity index (χ1) is 9.36. The third kappa shape index (κ3) is 4.47. The van der Waals surface area contributed by atoms with Crippen LogP contribution >= 0.6 is 0 Å². The highest BCUT2D eigenvalue weighted by Crippen LogP contribution is 2.31. The van der Waals surface area contributed by atoms with E-state index in [4.69, 9.17) is 9.47 Å². The molecule has 2 unspecified atom stereocenters. The topological polar surface area (TPSA) is 64.6 Å². The van der Waals surface area contributed by atoms with E-state index in [0.717, 1.165) is 6.42 Å². The second kappa shape index (κ2) is 7.62. The summed E-state index contributed by atoms with van der Waals surface area (Å²) in [5, 5.41) is 3.06. The van der Waals surface area contributed by atoms with Gasteiger partial charge in [0, 0.05) is 13.3 Å². The Morgan fingerprint density at radius 2 is 1.85 bits per heavy atom. The maximum atomic E-state index is 11.8. The van der Waals surface area contributed by atoms with Gasteiger partial charge in [-0.2, -0.15) is 0 Å². The fourth-order valence-electron chi connectivity index (χ4n) is 2.70. The lowest BCUT2D eigenvalue weighted by Crippen LogP contribution is -2.56. The summed E-state index contributed by atoms with van der Waals surface area (Å²) in [4.78, 5) is 22.7. The van der Waals surface area contributed by atoms with Gasteiger partial charge in [-0.3, -0.25) is 9.59 Å². The molecule has 0 aliphatic carbocycles. The van der Waals surface area contributed by atoms with Gasteiger partial charge in [0.05, 0.1) is 18.2 Å². The number of ether oxygens (including phenoxy) is 2. The minimum atomic E-state index is -0.292. The molecule has 0 aromatic rings. The maximum Gasteiger partial charge on any atom is 0.302 e. The third-order valence-corrected chi connectivity index (χ3v) is 4.13. The highest BCUT2D eigenvalue weighted by atomic mass is 16.6. The smallest absolute Gasteiger partial charge is 0.302 e. The first-order valence-electron chi connectivity index (χ1n) is 7.45. The van der Waals surface area contributed by atoms with Crippen LogP contribution in [-0.4, -0.2) is 36.7 Å². The highest BCUT2D eigenvalue weighted by molar-refractivity contribution is 5.76. The minimum absolute atomic E-state index is 0.0117. The van der Waals surface area contributed by atoms with Crippen LogP contribution < -0.4 is 5.32 Å². The average Bonchev–Trinajstić information content (AvgIpc) is 2.37. The molecule has 1 aliphatic heterocycles. The van der Waals surface area contributed by atoms with E-state index >= 15 is 0 Å². The second-order valence-corrected chi connectivity index (χ2v) is 5.74. The van der Waals surface area contributed by atoms with Crippen molar-refractivity contribution in [3.8, 4) is 0 Å². The predicted octanol–water partition coefficient (Wildman–Crippen LogP) is 1.89. The summed E-state index contributed by atoms with van der Waals surface area (Å²) in [7, 11) is 0. The van der Waals surface area contributed by atoms with E-state index in [2.05, 4.69) is 19.2 Å². The van der Waals surface area contributed by atoms with Crippen molar-refractivity contribution < 1.29 is 19.1 Å². The van der Waals surface area contributed by atoms with E-state index < -0.39 is 0 Å². The molecule has 0 aromatic heterocycles. The van der Waals surface area contributed by atoms with Crippen LogP contribution in [0.15, 0.2) is 0 Å². The molecule has 0 spiro atoms. The summed E-state index contributed by atoms with van der Waals surface area (Å²) < 4.78 is 11.0. The van der Waals surface area contributed by atoms with Crippen LogP contribution in [0.4, 0.5) is 0 Å². The van der Waals surface area contributed by atoms with Crippen LogP contribution in [0.3, 0.4) is 0 Å². The lowest BCUT2D eigenvalue weighted by Gasteiger charge is -2.43. The fraction of sp³-hybridized carbons (Fsp3) is 0.867. The first-order valence-corrected chi connectivity index (χ1v) is 7.45. The molecule has 0 bridgehead atoms. The molecule has 1 aliphatic rings. The Balaban J connectivity index is 2.61. The Morgan fingerprint density at radius 3 is 2.40 bits per heavy atom. The molecule has 116 valence electrons. The highest BCUT2D eigenvalue weighted by Gasteiger charge is 2.40. The van der Waals surface area contributed by atoms with E-state index in [0.29, 0.717) is 6.42 Å². The summed E-state index contributed by atoms with van der Waals surface area (Å²) >= 11 is 0. The van der Waals surface area contributed by atoms with E-state index in [9.17, 15) is 9.59 Å². The Hall–Kier alpha value is -1.10. The molecule has 5 atom stereocenters. The monoisotopic (exact) mass is 285 g/mol.